The molecule has 4 heteroatoms. The summed E-state index contributed by atoms with van der Waals surface area (Å²) in [6, 6.07) is 10.2. The molecular weight excluding hydrogens is 238 g/mol. The Morgan fingerprint density at radius 1 is 1.29 bits per heavy atom. The van der Waals surface area contributed by atoms with Crippen molar-refractivity contribution >= 4 is 17.5 Å². The highest BCUT2D eigenvalue weighted by molar-refractivity contribution is 6.30. The van der Waals surface area contributed by atoms with E-state index in [2.05, 4.69) is 5.32 Å². The molecule has 1 atom stereocenters. The molecule has 17 heavy (non-hydrogen) atoms. The summed E-state index contributed by atoms with van der Waals surface area (Å²) in [4.78, 5) is 11.9. The number of benzene rings is 1. The van der Waals surface area contributed by atoms with Crippen LogP contribution < -0.4 is 5.32 Å². The third kappa shape index (κ3) is 2.88. The summed E-state index contributed by atoms with van der Waals surface area (Å²) in [7, 11) is 0. The van der Waals surface area contributed by atoms with E-state index >= 15 is 0 Å². The molecule has 0 radical (unpaired) electrons. The molecule has 0 aliphatic carbocycles. The zero-order valence-corrected chi connectivity index (χ0v) is 10.1. The van der Waals surface area contributed by atoms with E-state index in [0.717, 1.165) is 5.76 Å². The highest BCUT2D eigenvalue weighted by atomic mass is 35.5. The van der Waals surface area contributed by atoms with Gasteiger partial charge in [-0.25, -0.2) is 0 Å². The number of hydrogen-bond donors (Lipinski definition) is 1. The predicted molar refractivity (Wildman–Crippen MR) is 66.0 cm³/mol. The van der Waals surface area contributed by atoms with Gasteiger partial charge in [-0.2, -0.15) is 0 Å². The first-order chi connectivity index (χ1) is 8.16. The summed E-state index contributed by atoms with van der Waals surface area (Å²) in [6.45, 7) is 1.87. The number of rotatable bonds is 3. The van der Waals surface area contributed by atoms with E-state index in [1.807, 2.05) is 13.0 Å². The molecule has 1 aromatic heterocycles. The number of carbonyl (C=O) groups excluding carboxylic acids is 1. The van der Waals surface area contributed by atoms with E-state index in [1.54, 1.807) is 36.6 Å². The lowest BCUT2D eigenvalue weighted by Crippen LogP contribution is -2.26. The van der Waals surface area contributed by atoms with Gasteiger partial charge >= 0.3 is 0 Å². The lowest BCUT2D eigenvalue weighted by atomic mass is 10.2. The van der Waals surface area contributed by atoms with Crippen LogP contribution in [0.2, 0.25) is 5.02 Å². The van der Waals surface area contributed by atoms with Gasteiger partial charge in [0.1, 0.15) is 5.76 Å². The van der Waals surface area contributed by atoms with Crippen molar-refractivity contribution in [2.45, 2.75) is 13.0 Å². The molecule has 1 amide bonds. The Bertz CT molecular complexity index is 491. The SMILES string of the molecule is CC(NC(=O)c1ccc(Cl)cc1)c1ccco1. The van der Waals surface area contributed by atoms with Crippen molar-refractivity contribution in [3.05, 3.63) is 59.0 Å². The molecule has 0 bridgehead atoms. The molecule has 2 aromatic rings. The van der Waals surface area contributed by atoms with Crippen molar-refractivity contribution in [1.82, 2.24) is 5.32 Å². The largest absolute Gasteiger partial charge is 0.467 e. The number of amides is 1. The molecular formula is C13H12ClNO2. The summed E-state index contributed by atoms with van der Waals surface area (Å²) >= 11 is 5.76. The Labute approximate surface area is 104 Å². The van der Waals surface area contributed by atoms with Crippen LogP contribution in [-0.4, -0.2) is 5.91 Å². The van der Waals surface area contributed by atoms with Crippen molar-refractivity contribution in [1.29, 1.82) is 0 Å². The Hall–Kier alpha value is -1.74. The standard InChI is InChI=1S/C13H12ClNO2/c1-9(12-3-2-8-17-12)15-13(16)10-4-6-11(14)7-5-10/h2-9H,1H3,(H,15,16). The average molecular weight is 250 g/mol. The van der Waals surface area contributed by atoms with Crippen LogP contribution in [0.4, 0.5) is 0 Å². The van der Waals surface area contributed by atoms with E-state index in [-0.39, 0.29) is 11.9 Å². The van der Waals surface area contributed by atoms with Gasteiger partial charge in [0.15, 0.2) is 0 Å². The second-order valence-electron chi connectivity index (χ2n) is 3.72. The van der Waals surface area contributed by atoms with Gasteiger partial charge in [-0.05, 0) is 43.3 Å². The molecule has 2 rings (SSSR count). The molecule has 3 nitrogen and oxygen atoms in total. The Morgan fingerprint density at radius 2 is 2.00 bits per heavy atom. The van der Waals surface area contributed by atoms with Gasteiger partial charge in [0.2, 0.25) is 0 Å². The van der Waals surface area contributed by atoms with E-state index in [9.17, 15) is 4.79 Å². The summed E-state index contributed by atoms with van der Waals surface area (Å²) in [6.07, 6.45) is 1.58. The lowest BCUT2D eigenvalue weighted by Gasteiger charge is -2.11. The maximum absolute atomic E-state index is 11.9. The fourth-order valence-corrected chi connectivity index (χ4v) is 1.62. The fourth-order valence-electron chi connectivity index (χ4n) is 1.49. The van der Waals surface area contributed by atoms with Gasteiger partial charge in [0, 0.05) is 10.6 Å². The summed E-state index contributed by atoms with van der Waals surface area (Å²) in [5.41, 5.74) is 0.577. The average Bonchev–Trinajstić information content (AvgIpc) is 2.83. The molecule has 1 unspecified atom stereocenters. The van der Waals surface area contributed by atoms with Gasteiger partial charge in [-0.3, -0.25) is 4.79 Å². The summed E-state index contributed by atoms with van der Waals surface area (Å²) < 4.78 is 5.22. The third-order valence-corrected chi connectivity index (χ3v) is 2.68. The molecule has 0 saturated heterocycles. The van der Waals surface area contributed by atoms with Crippen molar-refractivity contribution in [3.8, 4) is 0 Å². The van der Waals surface area contributed by atoms with Gasteiger partial charge in [-0.15, -0.1) is 0 Å². The van der Waals surface area contributed by atoms with Crippen LogP contribution in [-0.2, 0) is 0 Å². The van der Waals surface area contributed by atoms with Crippen LogP contribution in [0.15, 0.2) is 47.1 Å². The Kier molecular flexibility index (Phi) is 3.49. The number of furan rings is 1. The molecule has 88 valence electrons. The highest BCUT2D eigenvalue weighted by Crippen LogP contribution is 2.14. The minimum Gasteiger partial charge on any atom is -0.467 e. The zero-order valence-electron chi connectivity index (χ0n) is 9.31. The van der Waals surface area contributed by atoms with E-state index in [1.165, 1.54) is 0 Å². The molecule has 0 saturated carbocycles. The number of hydrogen-bond acceptors (Lipinski definition) is 2. The van der Waals surface area contributed by atoms with Gasteiger partial charge in [-0.1, -0.05) is 11.6 Å². The van der Waals surface area contributed by atoms with Crippen LogP contribution >= 0.6 is 11.6 Å². The third-order valence-electron chi connectivity index (χ3n) is 2.42. The molecule has 0 aliphatic heterocycles. The fraction of sp³-hybridized carbons (Fsp3) is 0.154. The molecule has 1 aromatic carbocycles. The normalized spacial score (nSPS) is 12.1. The van der Waals surface area contributed by atoms with Gasteiger partial charge in [0.05, 0.1) is 12.3 Å². The van der Waals surface area contributed by atoms with E-state index in [4.69, 9.17) is 16.0 Å². The Morgan fingerprint density at radius 3 is 2.59 bits per heavy atom. The van der Waals surface area contributed by atoms with Crippen LogP contribution in [0.5, 0.6) is 0 Å². The summed E-state index contributed by atoms with van der Waals surface area (Å²) in [5.74, 6) is 0.581. The minimum atomic E-state index is -0.159. The van der Waals surface area contributed by atoms with Crippen molar-refractivity contribution in [2.75, 3.05) is 0 Å². The molecule has 1 heterocycles. The van der Waals surface area contributed by atoms with Crippen molar-refractivity contribution in [3.63, 3.8) is 0 Å². The number of carbonyl (C=O) groups is 1. The highest BCUT2D eigenvalue weighted by Gasteiger charge is 2.12. The lowest BCUT2D eigenvalue weighted by molar-refractivity contribution is 0.0935. The molecule has 0 aliphatic rings. The van der Waals surface area contributed by atoms with Gasteiger partial charge in [0.25, 0.3) is 5.91 Å². The number of halogens is 1. The van der Waals surface area contributed by atoms with Crippen LogP contribution in [0.3, 0.4) is 0 Å². The molecule has 0 fully saturated rings. The Balaban J connectivity index is 2.04. The summed E-state index contributed by atoms with van der Waals surface area (Å²) in [5, 5.41) is 3.45. The van der Waals surface area contributed by atoms with E-state index < -0.39 is 0 Å². The zero-order chi connectivity index (χ0) is 12.3. The quantitative estimate of drug-likeness (QED) is 0.906. The van der Waals surface area contributed by atoms with Crippen molar-refractivity contribution in [2.24, 2.45) is 0 Å². The smallest absolute Gasteiger partial charge is 0.251 e. The van der Waals surface area contributed by atoms with E-state index in [0.29, 0.717) is 10.6 Å². The van der Waals surface area contributed by atoms with Gasteiger partial charge < -0.3 is 9.73 Å². The second-order valence-corrected chi connectivity index (χ2v) is 4.15. The second kappa shape index (κ2) is 5.06. The first-order valence-corrected chi connectivity index (χ1v) is 5.64. The first kappa shape index (κ1) is 11.7. The van der Waals surface area contributed by atoms with Crippen LogP contribution in [0, 0.1) is 0 Å². The number of nitrogens with one attached hydrogen (secondary N) is 1. The monoisotopic (exact) mass is 249 g/mol. The topological polar surface area (TPSA) is 42.2 Å². The molecule has 0 spiro atoms. The van der Waals surface area contributed by atoms with Crippen LogP contribution in [0.25, 0.3) is 0 Å². The predicted octanol–water partition coefficient (Wildman–Crippen LogP) is 3.42. The minimum absolute atomic E-state index is 0.148. The maximum Gasteiger partial charge on any atom is 0.251 e. The maximum atomic E-state index is 11.9. The van der Waals surface area contributed by atoms with Crippen LogP contribution in [0.1, 0.15) is 29.1 Å². The first-order valence-electron chi connectivity index (χ1n) is 5.26. The molecule has 1 N–H and O–H groups in total. The van der Waals surface area contributed by atoms with Crippen molar-refractivity contribution < 1.29 is 9.21 Å².